The van der Waals surface area contributed by atoms with Gasteiger partial charge in [0.05, 0.1) is 11.1 Å². The van der Waals surface area contributed by atoms with Gasteiger partial charge in [0.2, 0.25) is 0 Å². The smallest absolute Gasteiger partial charge is 0.340 e. The number of hydrogen-bond acceptors (Lipinski definition) is 7. The van der Waals surface area contributed by atoms with Crippen molar-refractivity contribution in [1.29, 1.82) is 5.26 Å². The normalized spacial score (nSPS) is 13.7. The van der Waals surface area contributed by atoms with Crippen molar-refractivity contribution in [2.75, 3.05) is 11.9 Å². The topological polar surface area (TPSA) is 79.2 Å². The zero-order valence-corrected chi connectivity index (χ0v) is 19.1. The molecule has 1 amide bonds. The van der Waals surface area contributed by atoms with Crippen LogP contribution in [0.15, 0.2) is 35.0 Å². The number of anilines is 1. The molecule has 1 aliphatic carbocycles. The van der Waals surface area contributed by atoms with Gasteiger partial charge in [0.15, 0.2) is 6.61 Å². The number of fused-ring (bicyclic) bond motifs is 1. The highest BCUT2D eigenvalue weighted by molar-refractivity contribution is 7.16. The second kappa shape index (κ2) is 10.1. The largest absolute Gasteiger partial charge is 0.452 e. The van der Waals surface area contributed by atoms with Crippen LogP contribution in [-0.2, 0) is 27.2 Å². The van der Waals surface area contributed by atoms with Crippen LogP contribution >= 0.6 is 34.0 Å². The van der Waals surface area contributed by atoms with E-state index in [1.54, 1.807) is 6.08 Å². The van der Waals surface area contributed by atoms with E-state index in [2.05, 4.69) is 11.4 Å². The summed E-state index contributed by atoms with van der Waals surface area (Å²) >= 11 is 4.43. The van der Waals surface area contributed by atoms with Crippen LogP contribution in [0.1, 0.15) is 45.0 Å². The molecule has 0 aromatic carbocycles. The van der Waals surface area contributed by atoms with Crippen molar-refractivity contribution in [3.05, 3.63) is 60.8 Å². The molecule has 0 unspecified atom stereocenters. The standard InChI is InChI=1S/C23H20N2O3S3/c24-13-18-16-7-2-1-3-8-20(16)31-22(18)25-21(26)14-28-23(27)17(19-9-5-11-30-19)12-15-6-4-10-29-15/h4-6,9-12H,1-3,7-8,14H2,(H,25,26). The van der Waals surface area contributed by atoms with E-state index >= 15 is 0 Å². The molecule has 0 atom stereocenters. The monoisotopic (exact) mass is 468 g/mol. The predicted molar refractivity (Wildman–Crippen MR) is 126 cm³/mol. The molecule has 0 saturated heterocycles. The van der Waals surface area contributed by atoms with E-state index in [1.807, 2.05) is 35.0 Å². The van der Waals surface area contributed by atoms with Crippen LogP contribution < -0.4 is 5.32 Å². The molecule has 4 rings (SSSR count). The number of carbonyl (C=O) groups is 2. The number of nitriles is 1. The Morgan fingerprint density at radius 1 is 1.13 bits per heavy atom. The number of carbonyl (C=O) groups excluding carboxylic acids is 2. The molecule has 0 radical (unpaired) electrons. The van der Waals surface area contributed by atoms with Gasteiger partial charge in [-0.25, -0.2) is 4.79 Å². The Hall–Kier alpha value is -2.73. The van der Waals surface area contributed by atoms with Gasteiger partial charge in [-0.15, -0.1) is 34.0 Å². The number of rotatable bonds is 6. The molecule has 8 heteroatoms. The van der Waals surface area contributed by atoms with Crippen molar-refractivity contribution < 1.29 is 14.3 Å². The quantitative estimate of drug-likeness (QED) is 0.284. The number of thiophene rings is 3. The highest BCUT2D eigenvalue weighted by Gasteiger charge is 2.22. The highest BCUT2D eigenvalue weighted by Crippen LogP contribution is 2.37. The molecule has 1 aliphatic rings. The summed E-state index contributed by atoms with van der Waals surface area (Å²) in [5.41, 5.74) is 2.04. The van der Waals surface area contributed by atoms with Gasteiger partial charge in [-0.1, -0.05) is 18.6 Å². The van der Waals surface area contributed by atoms with E-state index in [9.17, 15) is 14.9 Å². The molecule has 5 nitrogen and oxygen atoms in total. The van der Waals surface area contributed by atoms with Gasteiger partial charge in [0.25, 0.3) is 5.91 Å². The molecule has 31 heavy (non-hydrogen) atoms. The summed E-state index contributed by atoms with van der Waals surface area (Å²) in [6.45, 7) is -0.403. The third-order valence-electron chi connectivity index (χ3n) is 4.96. The summed E-state index contributed by atoms with van der Waals surface area (Å²) in [5.74, 6) is -0.989. The number of esters is 1. The molecule has 1 N–H and O–H groups in total. The first-order valence-electron chi connectivity index (χ1n) is 9.96. The Labute approximate surface area is 192 Å². The third kappa shape index (κ3) is 5.13. The summed E-state index contributed by atoms with van der Waals surface area (Å²) in [5, 5.41) is 16.8. The lowest BCUT2D eigenvalue weighted by Gasteiger charge is -2.08. The lowest BCUT2D eigenvalue weighted by atomic mass is 10.1. The average molecular weight is 469 g/mol. The van der Waals surface area contributed by atoms with Gasteiger partial charge in [-0.05, 0) is 60.2 Å². The number of hydrogen-bond donors (Lipinski definition) is 1. The van der Waals surface area contributed by atoms with Crippen LogP contribution in [0.5, 0.6) is 0 Å². The van der Waals surface area contributed by atoms with Gasteiger partial charge < -0.3 is 10.1 Å². The fraction of sp³-hybridized carbons (Fsp3) is 0.261. The number of aryl methyl sites for hydroxylation is 1. The zero-order valence-electron chi connectivity index (χ0n) is 16.7. The van der Waals surface area contributed by atoms with Crippen LogP contribution in [-0.4, -0.2) is 18.5 Å². The molecular weight excluding hydrogens is 448 g/mol. The van der Waals surface area contributed by atoms with Crippen molar-refractivity contribution in [1.82, 2.24) is 0 Å². The van der Waals surface area contributed by atoms with Gasteiger partial charge in [0.1, 0.15) is 11.1 Å². The number of nitrogens with one attached hydrogen (secondary N) is 1. The molecule has 3 heterocycles. The maximum atomic E-state index is 12.7. The van der Waals surface area contributed by atoms with Gasteiger partial charge in [0, 0.05) is 14.6 Å². The molecule has 3 aromatic rings. The van der Waals surface area contributed by atoms with Crippen LogP contribution in [0, 0.1) is 11.3 Å². The number of nitrogens with zero attached hydrogens (tertiary/aromatic N) is 1. The van der Waals surface area contributed by atoms with Gasteiger partial charge in [-0.3, -0.25) is 4.79 Å². The molecule has 0 fully saturated rings. The number of ether oxygens (including phenoxy) is 1. The molecule has 0 aliphatic heterocycles. The summed E-state index contributed by atoms with van der Waals surface area (Å²) in [4.78, 5) is 28.1. The maximum Gasteiger partial charge on any atom is 0.340 e. The van der Waals surface area contributed by atoms with Crippen molar-refractivity contribution in [3.8, 4) is 6.07 Å². The predicted octanol–water partition coefficient (Wildman–Crippen LogP) is 5.73. The van der Waals surface area contributed by atoms with E-state index in [4.69, 9.17) is 4.74 Å². The van der Waals surface area contributed by atoms with E-state index in [0.717, 1.165) is 47.4 Å². The fourth-order valence-electron chi connectivity index (χ4n) is 3.50. The first kappa shape index (κ1) is 21.5. The second-order valence-electron chi connectivity index (χ2n) is 7.06. The highest BCUT2D eigenvalue weighted by atomic mass is 32.1. The van der Waals surface area contributed by atoms with Gasteiger partial charge >= 0.3 is 5.97 Å². The Bertz CT molecular complexity index is 1140. The van der Waals surface area contributed by atoms with E-state index < -0.39 is 18.5 Å². The fourth-order valence-corrected chi connectivity index (χ4v) is 6.14. The molecule has 0 saturated carbocycles. The maximum absolute atomic E-state index is 12.7. The first-order valence-corrected chi connectivity index (χ1v) is 12.5. The Morgan fingerprint density at radius 2 is 1.94 bits per heavy atom. The van der Waals surface area contributed by atoms with Crippen LogP contribution in [0.3, 0.4) is 0 Å². The van der Waals surface area contributed by atoms with Crippen molar-refractivity contribution in [2.45, 2.75) is 32.1 Å². The lowest BCUT2D eigenvalue weighted by Crippen LogP contribution is -2.21. The third-order valence-corrected chi connectivity index (χ3v) is 7.89. The Morgan fingerprint density at radius 3 is 2.68 bits per heavy atom. The Balaban J connectivity index is 1.44. The summed E-state index contributed by atoms with van der Waals surface area (Å²) < 4.78 is 5.32. The molecule has 3 aromatic heterocycles. The Kier molecular flexibility index (Phi) is 6.97. The zero-order chi connectivity index (χ0) is 21.6. The van der Waals surface area contributed by atoms with E-state index in [-0.39, 0.29) is 0 Å². The minimum atomic E-state index is -0.548. The van der Waals surface area contributed by atoms with E-state index in [0.29, 0.717) is 16.1 Å². The van der Waals surface area contributed by atoms with Gasteiger partial charge in [-0.2, -0.15) is 5.26 Å². The molecule has 0 bridgehead atoms. The SMILES string of the molecule is N#Cc1c(NC(=O)COC(=O)C(=Cc2cccs2)c2cccs2)sc2c1CCCCC2. The molecular formula is C23H20N2O3S3. The number of amides is 1. The average Bonchev–Trinajstić information content (AvgIpc) is 3.50. The van der Waals surface area contributed by atoms with E-state index in [1.165, 1.54) is 38.9 Å². The lowest BCUT2D eigenvalue weighted by molar-refractivity contribution is -0.141. The van der Waals surface area contributed by atoms with Crippen molar-refractivity contribution in [2.24, 2.45) is 0 Å². The van der Waals surface area contributed by atoms with Crippen LogP contribution in [0.2, 0.25) is 0 Å². The summed E-state index contributed by atoms with van der Waals surface area (Å²) in [6.07, 6.45) is 6.92. The minimum Gasteiger partial charge on any atom is -0.452 e. The minimum absolute atomic E-state index is 0.403. The van der Waals surface area contributed by atoms with Crippen LogP contribution in [0.25, 0.3) is 11.6 Å². The van der Waals surface area contributed by atoms with Crippen LogP contribution in [0.4, 0.5) is 5.00 Å². The summed E-state index contributed by atoms with van der Waals surface area (Å²) in [6, 6.07) is 9.80. The second-order valence-corrected chi connectivity index (χ2v) is 10.1. The summed E-state index contributed by atoms with van der Waals surface area (Å²) in [7, 11) is 0. The van der Waals surface area contributed by atoms with Crippen molar-refractivity contribution >= 4 is 62.5 Å². The molecule has 158 valence electrons. The first-order chi connectivity index (χ1) is 15.2. The molecule has 0 spiro atoms. The van der Waals surface area contributed by atoms with Crippen molar-refractivity contribution in [3.63, 3.8) is 0 Å².